The van der Waals surface area contributed by atoms with Crippen LogP contribution in [-0.2, 0) is 6.42 Å². The summed E-state index contributed by atoms with van der Waals surface area (Å²) in [4.78, 5) is 7.57. The zero-order valence-electron chi connectivity index (χ0n) is 9.87. The lowest BCUT2D eigenvalue weighted by Crippen LogP contribution is -2.13. The third-order valence-corrected chi connectivity index (χ3v) is 3.47. The zero-order chi connectivity index (χ0) is 12.5. The molecule has 0 amide bonds. The van der Waals surface area contributed by atoms with Crippen molar-refractivity contribution in [1.82, 2.24) is 4.98 Å². The molecule has 0 spiro atoms. The maximum absolute atomic E-state index is 8.65. The van der Waals surface area contributed by atoms with E-state index in [1.54, 1.807) is 0 Å². The molecule has 1 unspecified atom stereocenters. The standard InChI is InChI=1S/C13H13N5/c14-13-8-4-1-2-5-9(8)16-10-6-3-7-11(12(10)13)17-18-15/h1-2,4-5,11H,3,6-7H2,(H2,14,16). The Morgan fingerprint density at radius 2 is 2.22 bits per heavy atom. The number of azide groups is 1. The third kappa shape index (κ3) is 1.57. The van der Waals surface area contributed by atoms with Crippen LogP contribution in [0.4, 0.5) is 5.69 Å². The first-order valence-electron chi connectivity index (χ1n) is 6.02. The van der Waals surface area contributed by atoms with Crippen LogP contribution in [0.5, 0.6) is 0 Å². The van der Waals surface area contributed by atoms with Gasteiger partial charge in [0.1, 0.15) is 0 Å². The van der Waals surface area contributed by atoms with E-state index in [9.17, 15) is 0 Å². The molecule has 0 saturated carbocycles. The van der Waals surface area contributed by atoms with Crippen molar-refractivity contribution in [3.8, 4) is 0 Å². The number of pyridine rings is 1. The van der Waals surface area contributed by atoms with E-state index in [0.29, 0.717) is 5.69 Å². The second-order valence-corrected chi connectivity index (χ2v) is 4.52. The van der Waals surface area contributed by atoms with E-state index >= 15 is 0 Å². The molecule has 1 aliphatic rings. The number of hydrogen-bond donors (Lipinski definition) is 1. The summed E-state index contributed by atoms with van der Waals surface area (Å²) in [7, 11) is 0. The molecule has 5 nitrogen and oxygen atoms in total. The van der Waals surface area contributed by atoms with E-state index < -0.39 is 0 Å². The van der Waals surface area contributed by atoms with Crippen LogP contribution in [0, 0.1) is 0 Å². The number of fused-ring (bicyclic) bond motifs is 2. The van der Waals surface area contributed by atoms with Crippen LogP contribution in [0.15, 0.2) is 29.4 Å². The van der Waals surface area contributed by atoms with Crippen molar-refractivity contribution in [2.75, 3.05) is 5.73 Å². The summed E-state index contributed by atoms with van der Waals surface area (Å²) in [5.74, 6) is 0. The summed E-state index contributed by atoms with van der Waals surface area (Å²) < 4.78 is 0. The topological polar surface area (TPSA) is 87.7 Å². The van der Waals surface area contributed by atoms with Crippen LogP contribution >= 0.6 is 0 Å². The van der Waals surface area contributed by atoms with Gasteiger partial charge in [-0.2, -0.15) is 0 Å². The Labute approximate surface area is 104 Å². The number of para-hydroxylation sites is 1. The number of nitrogens with two attached hydrogens (primary N) is 1. The number of aryl methyl sites for hydroxylation is 1. The summed E-state index contributed by atoms with van der Waals surface area (Å²) in [6.45, 7) is 0. The largest absolute Gasteiger partial charge is 0.398 e. The van der Waals surface area contributed by atoms with E-state index in [0.717, 1.165) is 41.4 Å². The van der Waals surface area contributed by atoms with Gasteiger partial charge in [0.2, 0.25) is 0 Å². The molecular formula is C13H13N5. The average Bonchev–Trinajstić information content (AvgIpc) is 2.39. The maximum Gasteiger partial charge on any atom is 0.0726 e. The van der Waals surface area contributed by atoms with Crippen LogP contribution in [0.25, 0.3) is 21.3 Å². The first-order chi connectivity index (χ1) is 8.81. The molecule has 0 saturated heterocycles. The van der Waals surface area contributed by atoms with Crippen LogP contribution in [0.1, 0.15) is 30.1 Å². The van der Waals surface area contributed by atoms with Gasteiger partial charge in [-0.25, -0.2) is 0 Å². The van der Waals surface area contributed by atoms with Gasteiger partial charge in [-0.05, 0) is 30.9 Å². The Kier molecular flexibility index (Phi) is 2.54. The van der Waals surface area contributed by atoms with Gasteiger partial charge >= 0.3 is 0 Å². The average molecular weight is 239 g/mol. The predicted molar refractivity (Wildman–Crippen MR) is 71.0 cm³/mol. The quantitative estimate of drug-likeness (QED) is 0.469. The van der Waals surface area contributed by atoms with Crippen molar-refractivity contribution in [3.63, 3.8) is 0 Å². The van der Waals surface area contributed by atoms with Crippen LogP contribution in [0.2, 0.25) is 0 Å². The van der Waals surface area contributed by atoms with Crippen molar-refractivity contribution in [2.24, 2.45) is 5.11 Å². The van der Waals surface area contributed by atoms with Gasteiger partial charge in [-0.15, -0.1) is 0 Å². The molecule has 2 aromatic rings. The molecule has 1 atom stereocenters. The van der Waals surface area contributed by atoms with E-state index in [-0.39, 0.29) is 6.04 Å². The number of anilines is 1. The number of aromatic nitrogens is 1. The highest BCUT2D eigenvalue weighted by Crippen LogP contribution is 2.38. The number of benzene rings is 1. The Morgan fingerprint density at radius 3 is 3.06 bits per heavy atom. The minimum atomic E-state index is -0.171. The van der Waals surface area contributed by atoms with Gasteiger partial charge in [-0.1, -0.05) is 23.3 Å². The lowest BCUT2D eigenvalue weighted by atomic mass is 9.89. The molecule has 0 fully saturated rings. The predicted octanol–water partition coefficient (Wildman–Crippen LogP) is 3.50. The van der Waals surface area contributed by atoms with E-state index in [4.69, 9.17) is 11.3 Å². The Morgan fingerprint density at radius 1 is 1.39 bits per heavy atom. The summed E-state index contributed by atoms with van der Waals surface area (Å²) in [5, 5.41) is 4.79. The zero-order valence-corrected chi connectivity index (χ0v) is 9.87. The molecule has 5 heteroatoms. The minimum Gasteiger partial charge on any atom is -0.398 e. The molecule has 18 heavy (non-hydrogen) atoms. The second kappa shape index (κ2) is 4.20. The molecule has 2 N–H and O–H groups in total. The van der Waals surface area contributed by atoms with Crippen molar-refractivity contribution in [3.05, 3.63) is 46.0 Å². The number of nitrogens with zero attached hydrogens (tertiary/aromatic N) is 4. The van der Waals surface area contributed by atoms with Gasteiger partial charge in [0, 0.05) is 27.2 Å². The highest BCUT2D eigenvalue weighted by molar-refractivity contribution is 5.92. The molecule has 0 bridgehead atoms. The van der Waals surface area contributed by atoms with Gasteiger partial charge in [0.25, 0.3) is 0 Å². The van der Waals surface area contributed by atoms with Crippen molar-refractivity contribution in [2.45, 2.75) is 25.3 Å². The number of rotatable bonds is 1. The summed E-state index contributed by atoms with van der Waals surface area (Å²) in [5.41, 5.74) is 18.4. The van der Waals surface area contributed by atoms with Crippen LogP contribution in [0.3, 0.4) is 0 Å². The fraction of sp³-hybridized carbons (Fsp3) is 0.308. The minimum absolute atomic E-state index is 0.171. The first kappa shape index (κ1) is 10.9. The fourth-order valence-electron chi connectivity index (χ4n) is 2.65. The van der Waals surface area contributed by atoms with Crippen molar-refractivity contribution < 1.29 is 0 Å². The third-order valence-electron chi connectivity index (χ3n) is 3.47. The first-order valence-corrected chi connectivity index (χ1v) is 6.02. The van der Waals surface area contributed by atoms with E-state index in [2.05, 4.69) is 15.0 Å². The van der Waals surface area contributed by atoms with Gasteiger partial charge in [0.05, 0.1) is 11.6 Å². The Hall–Kier alpha value is -2.26. The lowest BCUT2D eigenvalue weighted by Gasteiger charge is -2.23. The maximum atomic E-state index is 8.65. The van der Waals surface area contributed by atoms with Crippen LogP contribution in [-0.4, -0.2) is 4.98 Å². The Balaban J connectivity index is 2.31. The highest BCUT2D eigenvalue weighted by Gasteiger charge is 2.24. The normalized spacial score (nSPS) is 18.1. The summed E-state index contributed by atoms with van der Waals surface area (Å²) >= 11 is 0. The monoisotopic (exact) mass is 239 g/mol. The second-order valence-electron chi connectivity index (χ2n) is 4.52. The lowest BCUT2D eigenvalue weighted by molar-refractivity contribution is 0.562. The molecule has 1 aromatic carbocycles. The molecule has 1 aliphatic carbocycles. The molecular weight excluding hydrogens is 226 g/mol. The van der Waals surface area contributed by atoms with Crippen molar-refractivity contribution >= 4 is 16.6 Å². The van der Waals surface area contributed by atoms with E-state index in [1.165, 1.54) is 0 Å². The smallest absolute Gasteiger partial charge is 0.0726 e. The fourth-order valence-corrected chi connectivity index (χ4v) is 2.65. The molecule has 0 radical (unpaired) electrons. The van der Waals surface area contributed by atoms with Gasteiger partial charge in [0.15, 0.2) is 0 Å². The molecule has 3 rings (SSSR count). The molecule has 1 aromatic heterocycles. The highest BCUT2D eigenvalue weighted by atomic mass is 15.1. The van der Waals surface area contributed by atoms with Crippen molar-refractivity contribution in [1.29, 1.82) is 0 Å². The molecule has 90 valence electrons. The number of hydrogen-bond acceptors (Lipinski definition) is 3. The summed E-state index contributed by atoms with van der Waals surface area (Å²) in [6, 6.07) is 7.64. The van der Waals surface area contributed by atoms with E-state index in [1.807, 2.05) is 24.3 Å². The molecule has 0 aliphatic heterocycles. The summed E-state index contributed by atoms with van der Waals surface area (Å²) in [6.07, 6.45) is 2.74. The SMILES string of the molecule is [N-]=[N+]=NC1CCCc2nc3ccccc3c(N)c21. The molecule has 1 heterocycles. The van der Waals surface area contributed by atoms with Gasteiger partial charge < -0.3 is 5.73 Å². The number of nitrogen functional groups attached to an aromatic ring is 1. The Bertz CT molecular complexity index is 658. The van der Waals surface area contributed by atoms with Crippen LogP contribution < -0.4 is 5.73 Å². The van der Waals surface area contributed by atoms with Gasteiger partial charge in [-0.3, -0.25) is 4.98 Å².